The zero-order valence-electron chi connectivity index (χ0n) is 14.3. The normalized spacial score (nSPS) is 13.7. The summed E-state index contributed by atoms with van der Waals surface area (Å²) in [6.45, 7) is 3.42. The quantitative estimate of drug-likeness (QED) is 0.705. The highest BCUT2D eigenvalue weighted by Crippen LogP contribution is 2.22. The molecule has 0 heterocycles. The van der Waals surface area contributed by atoms with Gasteiger partial charge in [-0.1, -0.05) is 43.3 Å². The van der Waals surface area contributed by atoms with Crippen molar-refractivity contribution in [3.8, 4) is 0 Å². The van der Waals surface area contributed by atoms with Crippen LogP contribution in [0.2, 0.25) is 0 Å². The minimum absolute atomic E-state index is 0.0401. The molecule has 0 aliphatic rings. The van der Waals surface area contributed by atoms with E-state index in [9.17, 15) is 13.2 Å². The van der Waals surface area contributed by atoms with E-state index in [2.05, 4.69) is 10.0 Å². The van der Waals surface area contributed by atoms with Crippen molar-refractivity contribution in [3.05, 3.63) is 60.2 Å². The zero-order chi connectivity index (χ0) is 18.5. The fourth-order valence-corrected chi connectivity index (χ4v) is 3.46. The molecule has 0 fully saturated rings. The number of carbonyl (C=O) groups is 1. The Labute approximate surface area is 148 Å². The fourth-order valence-electron chi connectivity index (χ4n) is 2.34. The molecule has 1 amide bonds. The number of nitrogens with one attached hydrogen (secondary N) is 2. The number of hydrogen-bond donors (Lipinski definition) is 3. The molecule has 6 nitrogen and oxygen atoms in total. The molecule has 0 saturated heterocycles. The predicted molar refractivity (Wildman–Crippen MR) is 101 cm³/mol. The van der Waals surface area contributed by atoms with Gasteiger partial charge in [-0.05, 0) is 37.1 Å². The average molecular weight is 361 g/mol. The Bertz CT molecular complexity index is 834. The molecule has 1 atom stereocenters. The van der Waals surface area contributed by atoms with Gasteiger partial charge >= 0.3 is 0 Å². The minimum atomic E-state index is -3.39. The Kier molecular flexibility index (Phi) is 5.81. The molecule has 2 aromatic carbocycles. The van der Waals surface area contributed by atoms with Crippen molar-refractivity contribution in [2.75, 3.05) is 15.8 Å². The molecule has 25 heavy (non-hydrogen) atoms. The first kappa shape index (κ1) is 19.0. The zero-order valence-corrected chi connectivity index (χ0v) is 15.1. The van der Waals surface area contributed by atoms with Crippen molar-refractivity contribution in [1.29, 1.82) is 0 Å². The first-order chi connectivity index (χ1) is 11.7. The first-order valence-corrected chi connectivity index (χ1v) is 9.66. The second-order valence-electron chi connectivity index (χ2n) is 6.02. The van der Waals surface area contributed by atoms with Crippen molar-refractivity contribution in [2.24, 2.45) is 5.73 Å². The van der Waals surface area contributed by atoms with E-state index in [4.69, 9.17) is 5.73 Å². The van der Waals surface area contributed by atoms with Crippen LogP contribution >= 0.6 is 0 Å². The number of sulfonamides is 1. The van der Waals surface area contributed by atoms with Crippen LogP contribution in [-0.4, -0.2) is 20.1 Å². The van der Waals surface area contributed by atoms with Crippen LogP contribution in [0.5, 0.6) is 0 Å². The van der Waals surface area contributed by atoms with Crippen LogP contribution in [-0.2, 0) is 20.4 Å². The van der Waals surface area contributed by atoms with Gasteiger partial charge in [0.2, 0.25) is 15.9 Å². The van der Waals surface area contributed by atoms with E-state index in [1.165, 1.54) is 0 Å². The first-order valence-electron chi connectivity index (χ1n) is 8.01. The number of carbonyl (C=O) groups excluding carboxylic acids is 1. The molecular formula is C18H23N3O3S. The molecule has 2 rings (SSSR count). The molecule has 0 saturated carbocycles. The summed E-state index contributed by atoms with van der Waals surface area (Å²) in [6.07, 6.45) is 0.522. The minimum Gasteiger partial charge on any atom is -0.324 e. The van der Waals surface area contributed by atoms with Crippen LogP contribution in [0.1, 0.15) is 25.8 Å². The van der Waals surface area contributed by atoms with Crippen molar-refractivity contribution in [3.63, 3.8) is 0 Å². The van der Waals surface area contributed by atoms with E-state index < -0.39 is 15.6 Å². The smallest absolute Gasteiger partial charge is 0.248 e. The molecule has 0 aliphatic heterocycles. The van der Waals surface area contributed by atoms with Gasteiger partial charge in [0.05, 0.1) is 11.4 Å². The molecule has 0 bridgehead atoms. The van der Waals surface area contributed by atoms with Gasteiger partial charge in [-0.15, -0.1) is 0 Å². The fraction of sp³-hybridized carbons (Fsp3) is 0.278. The third-order valence-corrected chi connectivity index (χ3v) is 5.20. The Hall–Kier alpha value is -2.38. The van der Waals surface area contributed by atoms with Gasteiger partial charge in [-0.2, -0.15) is 0 Å². The van der Waals surface area contributed by atoms with Crippen molar-refractivity contribution >= 4 is 27.3 Å². The molecule has 2 aromatic rings. The third-order valence-electron chi connectivity index (χ3n) is 3.71. The number of benzene rings is 2. The summed E-state index contributed by atoms with van der Waals surface area (Å²) in [4.78, 5) is 12.6. The summed E-state index contributed by atoms with van der Waals surface area (Å²) in [5.74, 6) is -0.342. The Morgan fingerprint density at radius 3 is 2.36 bits per heavy atom. The van der Waals surface area contributed by atoms with E-state index >= 15 is 0 Å². The van der Waals surface area contributed by atoms with Crippen LogP contribution < -0.4 is 15.8 Å². The van der Waals surface area contributed by atoms with Gasteiger partial charge in [0.1, 0.15) is 5.54 Å². The number of amides is 1. The van der Waals surface area contributed by atoms with Crippen LogP contribution in [0.25, 0.3) is 0 Å². The molecule has 0 spiro atoms. The topological polar surface area (TPSA) is 101 Å². The maximum Gasteiger partial charge on any atom is 0.248 e. The van der Waals surface area contributed by atoms with Crippen LogP contribution in [0, 0.1) is 0 Å². The maximum absolute atomic E-state index is 12.6. The predicted octanol–water partition coefficient (Wildman–Crippen LogP) is 2.65. The molecule has 4 N–H and O–H groups in total. The summed E-state index contributed by atoms with van der Waals surface area (Å²) in [5.41, 5.74) is 6.52. The van der Waals surface area contributed by atoms with Gasteiger partial charge in [-0.3, -0.25) is 9.52 Å². The van der Waals surface area contributed by atoms with Crippen LogP contribution in [0.3, 0.4) is 0 Å². The average Bonchev–Trinajstić information content (AvgIpc) is 2.55. The highest BCUT2D eigenvalue weighted by molar-refractivity contribution is 7.92. The van der Waals surface area contributed by atoms with Gasteiger partial charge in [0.25, 0.3) is 0 Å². The monoisotopic (exact) mass is 361 g/mol. The number of anilines is 2. The van der Waals surface area contributed by atoms with Gasteiger partial charge in [0, 0.05) is 5.69 Å². The molecule has 1 unspecified atom stereocenters. The Morgan fingerprint density at radius 1 is 1.08 bits per heavy atom. The third kappa shape index (κ3) is 5.04. The van der Waals surface area contributed by atoms with Crippen molar-refractivity contribution < 1.29 is 13.2 Å². The summed E-state index contributed by atoms with van der Waals surface area (Å²) in [6, 6.07) is 15.6. The van der Waals surface area contributed by atoms with E-state index in [1.54, 1.807) is 50.2 Å². The van der Waals surface area contributed by atoms with Gasteiger partial charge in [-0.25, -0.2) is 8.42 Å². The van der Waals surface area contributed by atoms with E-state index in [0.29, 0.717) is 23.4 Å². The van der Waals surface area contributed by atoms with Gasteiger partial charge in [0.15, 0.2) is 0 Å². The molecule has 134 valence electrons. The van der Waals surface area contributed by atoms with Crippen molar-refractivity contribution in [1.82, 2.24) is 0 Å². The largest absolute Gasteiger partial charge is 0.324 e. The molecular weight excluding hydrogens is 338 g/mol. The summed E-state index contributed by atoms with van der Waals surface area (Å²) in [7, 11) is -3.39. The molecule has 0 radical (unpaired) electrons. The SMILES string of the molecule is CCCS(=O)(=O)Nc1cccc(NC(=O)C(C)(N)c2ccccc2)c1. The van der Waals surface area contributed by atoms with Crippen LogP contribution in [0.15, 0.2) is 54.6 Å². The number of hydrogen-bond acceptors (Lipinski definition) is 4. The number of nitrogens with two attached hydrogens (primary N) is 1. The summed E-state index contributed by atoms with van der Waals surface area (Å²) >= 11 is 0. The van der Waals surface area contributed by atoms with E-state index in [1.807, 2.05) is 18.2 Å². The summed E-state index contributed by atoms with van der Waals surface area (Å²) < 4.78 is 26.2. The lowest BCUT2D eigenvalue weighted by atomic mass is 9.92. The number of rotatable bonds is 7. The molecule has 0 aliphatic carbocycles. The Morgan fingerprint density at radius 2 is 1.72 bits per heavy atom. The molecule has 0 aromatic heterocycles. The lowest BCUT2D eigenvalue weighted by molar-refractivity contribution is -0.120. The summed E-state index contributed by atoms with van der Waals surface area (Å²) in [5, 5.41) is 2.74. The standard InChI is InChI=1S/C18H23N3O3S/c1-3-12-25(23,24)21-16-11-7-10-15(13-16)20-17(22)18(2,19)14-8-5-4-6-9-14/h4-11,13,21H,3,12,19H2,1-2H3,(H,20,22). The van der Waals surface area contributed by atoms with E-state index in [0.717, 1.165) is 0 Å². The second-order valence-corrected chi connectivity index (χ2v) is 7.87. The lowest BCUT2D eigenvalue weighted by Gasteiger charge is -2.24. The van der Waals surface area contributed by atoms with E-state index in [-0.39, 0.29) is 11.7 Å². The maximum atomic E-state index is 12.6. The molecule has 7 heteroatoms. The lowest BCUT2D eigenvalue weighted by Crippen LogP contribution is -2.45. The second kappa shape index (κ2) is 7.67. The highest BCUT2D eigenvalue weighted by Gasteiger charge is 2.30. The van der Waals surface area contributed by atoms with Crippen molar-refractivity contribution in [2.45, 2.75) is 25.8 Å². The Balaban J connectivity index is 2.15. The van der Waals surface area contributed by atoms with Gasteiger partial charge < -0.3 is 11.1 Å². The highest BCUT2D eigenvalue weighted by atomic mass is 32.2. The van der Waals surface area contributed by atoms with Crippen LogP contribution in [0.4, 0.5) is 11.4 Å².